The molecule has 0 bridgehead atoms. The van der Waals surface area contributed by atoms with Crippen molar-refractivity contribution in [3.05, 3.63) is 81.4 Å². The third kappa shape index (κ3) is 6.51. The molecule has 0 fully saturated rings. The molecule has 1 heterocycles. The van der Waals surface area contributed by atoms with Gasteiger partial charge in [0.1, 0.15) is 31.2 Å². The topological polar surface area (TPSA) is 44.8 Å². The summed E-state index contributed by atoms with van der Waals surface area (Å²) in [6.45, 7) is 15.3. The van der Waals surface area contributed by atoms with Crippen molar-refractivity contribution in [2.24, 2.45) is 0 Å². The molecule has 1 aromatic heterocycles. The first-order valence-electron chi connectivity index (χ1n) is 10.2. The molecule has 0 aliphatic rings. The van der Waals surface area contributed by atoms with Crippen LogP contribution in [0.1, 0.15) is 44.5 Å². The summed E-state index contributed by atoms with van der Waals surface area (Å²) in [7, 11) is 4.44. The standard InChI is InChI=1S/C25H34N3.2BrH.H2O/c1-17-11-20(4)25(21(5)12-17)28-10-9-27(16-28)15-24-19(3)13-18(2)23(22(24)6)14-26(7)8;;;/h9-13,16H,14-15H2,1-8H3;2*1H;1H2/q+1;;;/p-1. The molecule has 6 heteroatoms. The molecule has 0 aliphatic heterocycles. The number of halogens is 2. The lowest BCUT2D eigenvalue weighted by Gasteiger charge is -2.17. The van der Waals surface area contributed by atoms with Crippen LogP contribution in [0.25, 0.3) is 5.69 Å². The van der Waals surface area contributed by atoms with Gasteiger partial charge in [-0.2, -0.15) is 0 Å². The van der Waals surface area contributed by atoms with Crippen LogP contribution in [-0.2, 0) is 13.1 Å². The zero-order valence-electron chi connectivity index (χ0n) is 20.0. The number of imidazole rings is 1. The molecule has 3 aromatic rings. The van der Waals surface area contributed by atoms with Crippen molar-refractivity contribution < 1.29 is 48.9 Å². The second kappa shape index (κ2) is 12.0. The predicted octanol–water partition coefficient (Wildman–Crippen LogP) is -3.51. The molecular formula is C25H37Br2N3O. The van der Waals surface area contributed by atoms with E-state index in [1.165, 1.54) is 55.1 Å². The van der Waals surface area contributed by atoms with Gasteiger partial charge in [0, 0.05) is 5.56 Å². The number of benzene rings is 2. The molecule has 2 aromatic carbocycles. The van der Waals surface area contributed by atoms with Gasteiger partial charge in [0.25, 0.3) is 0 Å². The van der Waals surface area contributed by atoms with E-state index >= 15 is 0 Å². The molecule has 0 radical (unpaired) electrons. The second-order valence-corrected chi connectivity index (χ2v) is 8.72. The number of rotatable bonds is 5. The molecule has 3 N–H and O–H groups in total. The molecular weight excluding hydrogens is 518 g/mol. The number of quaternary nitrogens is 1. The Kier molecular flexibility index (Phi) is 11.4. The van der Waals surface area contributed by atoms with Crippen LogP contribution in [0.2, 0.25) is 0 Å². The van der Waals surface area contributed by atoms with Crippen LogP contribution in [0.5, 0.6) is 0 Å². The summed E-state index contributed by atoms with van der Waals surface area (Å²) in [5, 5.41) is 0. The van der Waals surface area contributed by atoms with Gasteiger partial charge in [0.15, 0.2) is 0 Å². The maximum atomic E-state index is 2.35. The minimum absolute atomic E-state index is 0. The Morgan fingerprint density at radius 3 is 1.90 bits per heavy atom. The van der Waals surface area contributed by atoms with Crippen LogP contribution in [0.15, 0.2) is 36.9 Å². The highest BCUT2D eigenvalue weighted by Crippen LogP contribution is 2.23. The van der Waals surface area contributed by atoms with Gasteiger partial charge >= 0.3 is 0 Å². The number of hydrogen-bond donors (Lipinski definition) is 1. The average molecular weight is 555 g/mol. The van der Waals surface area contributed by atoms with Gasteiger partial charge in [-0.15, -0.1) is 0 Å². The summed E-state index contributed by atoms with van der Waals surface area (Å²) in [4.78, 5) is 1.46. The summed E-state index contributed by atoms with van der Waals surface area (Å²) in [6, 6.07) is 6.88. The number of aryl methyl sites for hydroxylation is 5. The summed E-state index contributed by atoms with van der Waals surface area (Å²) in [5.74, 6) is 0. The number of nitrogens with zero attached hydrogens (tertiary/aromatic N) is 2. The van der Waals surface area contributed by atoms with Gasteiger partial charge in [-0.3, -0.25) is 0 Å². The first-order chi connectivity index (χ1) is 13.2. The Balaban J connectivity index is 0.00000300. The molecule has 0 amide bonds. The van der Waals surface area contributed by atoms with Crippen molar-refractivity contribution in [3.8, 4) is 5.69 Å². The minimum atomic E-state index is 0. The van der Waals surface area contributed by atoms with Crippen molar-refractivity contribution in [3.63, 3.8) is 0 Å². The number of hydrogen-bond acceptors (Lipinski definition) is 0. The molecule has 31 heavy (non-hydrogen) atoms. The first kappa shape index (κ1) is 29.5. The van der Waals surface area contributed by atoms with Crippen LogP contribution in [0.4, 0.5) is 0 Å². The Hall–Kier alpha value is -1.47. The second-order valence-electron chi connectivity index (χ2n) is 8.72. The van der Waals surface area contributed by atoms with Crippen molar-refractivity contribution in [2.45, 2.75) is 54.6 Å². The first-order valence-corrected chi connectivity index (χ1v) is 10.2. The molecule has 172 valence electrons. The fourth-order valence-corrected chi connectivity index (χ4v) is 4.52. The van der Waals surface area contributed by atoms with E-state index in [0.29, 0.717) is 0 Å². The largest absolute Gasteiger partial charge is 1.00 e. The summed E-state index contributed by atoms with van der Waals surface area (Å²) in [6.07, 6.45) is 6.59. The maximum Gasteiger partial charge on any atom is 0.249 e. The highest BCUT2D eigenvalue weighted by atomic mass is 79.9. The van der Waals surface area contributed by atoms with Crippen LogP contribution >= 0.6 is 0 Å². The predicted molar refractivity (Wildman–Crippen MR) is 120 cm³/mol. The van der Waals surface area contributed by atoms with E-state index in [0.717, 1.165) is 13.1 Å². The van der Waals surface area contributed by atoms with Crippen molar-refractivity contribution in [2.75, 3.05) is 14.1 Å². The Bertz CT molecular complexity index is 1000. The Labute approximate surface area is 208 Å². The number of nitrogens with one attached hydrogen (secondary N) is 1. The van der Waals surface area contributed by atoms with Gasteiger partial charge < -0.3 is 44.3 Å². The minimum Gasteiger partial charge on any atom is -1.00 e. The van der Waals surface area contributed by atoms with E-state index in [9.17, 15) is 0 Å². The van der Waals surface area contributed by atoms with Crippen LogP contribution in [0, 0.1) is 41.5 Å². The molecule has 3 rings (SSSR count). The van der Waals surface area contributed by atoms with E-state index in [-0.39, 0.29) is 39.4 Å². The Morgan fingerprint density at radius 1 is 0.806 bits per heavy atom. The highest BCUT2D eigenvalue weighted by Gasteiger charge is 2.17. The normalized spacial score (nSPS) is 10.4. The zero-order valence-corrected chi connectivity index (χ0v) is 23.2. The fourth-order valence-electron chi connectivity index (χ4n) is 4.52. The van der Waals surface area contributed by atoms with Crippen molar-refractivity contribution in [1.29, 1.82) is 0 Å². The lowest BCUT2D eigenvalue weighted by atomic mass is 9.93. The van der Waals surface area contributed by atoms with Gasteiger partial charge in [-0.25, -0.2) is 9.13 Å². The van der Waals surface area contributed by atoms with E-state index in [1.807, 2.05) is 0 Å². The third-order valence-electron chi connectivity index (χ3n) is 5.75. The molecule has 0 spiro atoms. The maximum absolute atomic E-state index is 2.35. The summed E-state index contributed by atoms with van der Waals surface area (Å²) in [5.41, 5.74) is 12.4. The zero-order chi connectivity index (χ0) is 20.6. The molecule has 0 unspecified atom stereocenters. The lowest BCUT2D eigenvalue weighted by Crippen LogP contribution is -3.04. The molecule has 4 nitrogen and oxygen atoms in total. The smallest absolute Gasteiger partial charge is 0.249 e. The molecule has 0 saturated carbocycles. The SMILES string of the molecule is Cc1cc(C)c(-n2cc[n+](Cc3c(C)cc(C)c(C[NH+](C)C)c3C)c2)c(C)c1.O.[Br-].[Br-]. The summed E-state index contributed by atoms with van der Waals surface area (Å²) >= 11 is 0. The van der Waals surface area contributed by atoms with Gasteiger partial charge in [-0.05, 0) is 74.9 Å². The van der Waals surface area contributed by atoms with Crippen LogP contribution in [0.3, 0.4) is 0 Å². The fraction of sp³-hybridized carbons (Fsp3) is 0.400. The molecule has 0 saturated heterocycles. The Morgan fingerprint density at radius 2 is 1.35 bits per heavy atom. The van der Waals surface area contributed by atoms with E-state index in [1.54, 1.807) is 0 Å². The quantitative estimate of drug-likeness (QED) is 0.318. The monoisotopic (exact) mass is 553 g/mol. The number of aromatic nitrogens is 2. The average Bonchev–Trinajstić information content (AvgIpc) is 3.02. The van der Waals surface area contributed by atoms with Crippen LogP contribution < -0.4 is 43.4 Å². The van der Waals surface area contributed by atoms with E-state index in [4.69, 9.17) is 0 Å². The highest BCUT2D eigenvalue weighted by molar-refractivity contribution is 5.49. The molecule has 0 aliphatic carbocycles. The van der Waals surface area contributed by atoms with E-state index < -0.39 is 0 Å². The summed E-state index contributed by atoms with van der Waals surface area (Å²) < 4.78 is 4.56. The third-order valence-corrected chi connectivity index (χ3v) is 5.75. The van der Waals surface area contributed by atoms with E-state index in [2.05, 4.69) is 102 Å². The van der Waals surface area contributed by atoms with Gasteiger partial charge in [-0.1, -0.05) is 23.8 Å². The lowest BCUT2D eigenvalue weighted by molar-refractivity contribution is -0.872. The van der Waals surface area contributed by atoms with Gasteiger partial charge in [0.2, 0.25) is 6.33 Å². The van der Waals surface area contributed by atoms with Crippen LogP contribution in [-0.4, -0.2) is 24.1 Å². The molecule has 0 atom stereocenters. The van der Waals surface area contributed by atoms with Gasteiger partial charge in [0.05, 0.1) is 14.1 Å². The van der Waals surface area contributed by atoms with Crippen molar-refractivity contribution in [1.82, 2.24) is 4.57 Å². The van der Waals surface area contributed by atoms with Crippen molar-refractivity contribution >= 4 is 0 Å².